The molecule has 0 aliphatic rings. The van der Waals surface area contributed by atoms with Crippen LogP contribution in [0.2, 0.25) is 5.02 Å². The van der Waals surface area contributed by atoms with Crippen LogP contribution in [0.3, 0.4) is 0 Å². The Morgan fingerprint density at radius 1 is 1.06 bits per heavy atom. The first-order chi connectivity index (χ1) is 15.9. The van der Waals surface area contributed by atoms with Gasteiger partial charge in [0.15, 0.2) is 0 Å². The van der Waals surface area contributed by atoms with E-state index in [0.29, 0.717) is 18.2 Å². The van der Waals surface area contributed by atoms with Crippen molar-refractivity contribution in [3.8, 4) is 28.8 Å². The molecule has 0 fully saturated rings. The number of nitrogens with zero attached hydrogens (tertiary/aromatic N) is 1. The van der Waals surface area contributed by atoms with E-state index in [4.69, 9.17) is 36.5 Å². The van der Waals surface area contributed by atoms with E-state index in [0.717, 1.165) is 43.6 Å². The lowest BCUT2D eigenvalue weighted by atomic mass is 9.99. The van der Waals surface area contributed by atoms with Gasteiger partial charge in [-0.15, -0.1) is 11.3 Å². The molecule has 0 aliphatic carbocycles. The second kappa shape index (κ2) is 11.6. The van der Waals surface area contributed by atoms with Gasteiger partial charge in [0.1, 0.15) is 16.8 Å². The zero-order valence-electron chi connectivity index (χ0n) is 19.6. The normalized spacial score (nSPS) is 12.7. The SMILES string of the molecule is COCc1ccc(C(C#CC(N)c2nc(-c3cc(C)c(OC)cc3Cl)c(C)s2)COC)cc1. The van der Waals surface area contributed by atoms with Gasteiger partial charge in [0.25, 0.3) is 0 Å². The van der Waals surface area contributed by atoms with Gasteiger partial charge in [-0.25, -0.2) is 4.98 Å². The summed E-state index contributed by atoms with van der Waals surface area (Å²) in [5.41, 5.74) is 11.3. The highest BCUT2D eigenvalue weighted by Crippen LogP contribution is 2.37. The van der Waals surface area contributed by atoms with Crippen molar-refractivity contribution >= 4 is 22.9 Å². The van der Waals surface area contributed by atoms with Crippen molar-refractivity contribution in [2.45, 2.75) is 32.4 Å². The van der Waals surface area contributed by atoms with Crippen molar-refractivity contribution in [2.75, 3.05) is 27.9 Å². The lowest BCUT2D eigenvalue weighted by molar-refractivity contribution is 0.184. The molecule has 0 aliphatic heterocycles. The number of nitrogens with two attached hydrogens (primary N) is 1. The van der Waals surface area contributed by atoms with Crippen LogP contribution >= 0.6 is 22.9 Å². The van der Waals surface area contributed by atoms with Crippen molar-refractivity contribution in [3.05, 3.63) is 68.0 Å². The zero-order chi connectivity index (χ0) is 24.0. The Hall–Kier alpha value is -2.40. The van der Waals surface area contributed by atoms with Crippen molar-refractivity contribution in [1.29, 1.82) is 0 Å². The Balaban J connectivity index is 1.85. The second-order valence-corrected chi connectivity index (χ2v) is 9.35. The third-order valence-electron chi connectivity index (χ3n) is 5.26. The molecule has 1 heterocycles. The van der Waals surface area contributed by atoms with E-state index in [1.54, 1.807) is 21.3 Å². The molecular weight excluding hydrogens is 456 g/mol. The third kappa shape index (κ3) is 6.14. The molecule has 0 saturated heterocycles. The summed E-state index contributed by atoms with van der Waals surface area (Å²) in [6, 6.07) is 11.5. The molecule has 2 aromatic carbocycles. The summed E-state index contributed by atoms with van der Waals surface area (Å²) in [6.45, 7) is 5.06. The maximum Gasteiger partial charge on any atom is 0.123 e. The standard InChI is InChI=1S/C26H29ClN2O3S/c1-16-12-21(22(27)13-24(16)32-5)25-17(2)33-26(29-25)23(28)11-10-20(15-31-4)19-8-6-18(7-9-19)14-30-3/h6-9,12-13,20,23H,14-15,28H2,1-5H3. The van der Waals surface area contributed by atoms with E-state index in [1.165, 1.54) is 11.3 Å². The molecule has 174 valence electrons. The minimum absolute atomic E-state index is 0.0862. The minimum Gasteiger partial charge on any atom is -0.496 e. The van der Waals surface area contributed by atoms with Crippen LogP contribution in [0, 0.1) is 25.7 Å². The summed E-state index contributed by atoms with van der Waals surface area (Å²) in [7, 11) is 4.99. The van der Waals surface area contributed by atoms with Crippen molar-refractivity contribution in [2.24, 2.45) is 5.73 Å². The van der Waals surface area contributed by atoms with Crippen LogP contribution in [0.4, 0.5) is 0 Å². The van der Waals surface area contributed by atoms with Crippen LogP contribution in [0.25, 0.3) is 11.3 Å². The summed E-state index contributed by atoms with van der Waals surface area (Å²) in [4.78, 5) is 5.82. The Bertz CT molecular complexity index is 1150. The van der Waals surface area contributed by atoms with Gasteiger partial charge in [0.05, 0.1) is 37.0 Å². The molecule has 0 radical (unpaired) electrons. The number of thiazole rings is 1. The van der Waals surface area contributed by atoms with Gasteiger partial charge in [0.2, 0.25) is 0 Å². The molecule has 7 heteroatoms. The molecular formula is C26H29ClN2O3S. The molecule has 2 unspecified atom stereocenters. The fraction of sp³-hybridized carbons (Fsp3) is 0.346. The number of methoxy groups -OCH3 is 3. The van der Waals surface area contributed by atoms with Gasteiger partial charge >= 0.3 is 0 Å². The van der Waals surface area contributed by atoms with E-state index in [-0.39, 0.29) is 5.92 Å². The number of benzene rings is 2. The fourth-order valence-electron chi connectivity index (χ4n) is 3.52. The van der Waals surface area contributed by atoms with E-state index in [2.05, 4.69) is 24.0 Å². The van der Waals surface area contributed by atoms with Gasteiger partial charge in [0, 0.05) is 24.7 Å². The number of halogens is 1. The molecule has 33 heavy (non-hydrogen) atoms. The third-order valence-corrected chi connectivity index (χ3v) is 6.62. The summed E-state index contributed by atoms with van der Waals surface area (Å²) < 4.78 is 15.9. The number of rotatable bonds is 8. The lowest BCUT2D eigenvalue weighted by Gasteiger charge is -2.11. The minimum atomic E-state index is -0.507. The van der Waals surface area contributed by atoms with Gasteiger partial charge in [-0.3, -0.25) is 0 Å². The molecule has 5 nitrogen and oxygen atoms in total. The average Bonchev–Trinajstić information content (AvgIpc) is 3.20. The van der Waals surface area contributed by atoms with Gasteiger partial charge in [-0.1, -0.05) is 47.7 Å². The number of ether oxygens (including phenoxy) is 3. The Morgan fingerprint density at radius 2 is 1.79 bits per heavy atom. The topological polar surface area (TPSA) is 66.6 Å². The van der Waals surface area contributed by atoms with Crippen LogP contribution in [-0.4, -0.2) is 32.9 Å². The predicted molar refractivity (Wildman–Crippen MR) is 135 cm³/mol. The van der Waals surface area contributed by atoms with Crippen LogP contribution < -0.4 is 10.5 Å². The van der Waals surface area contributed by atoms with E-state index < -0.39 is 6.04 Å². The summed E-state index contributed by atoms with van der Waals surface area (Å²) >= 11 is 8.05. The van der Waals surface area contributed by atoms with E-state index in [1.807, 2.05) is 38.1 Å². The van der Waals surface area contributed by atoms with Gasteiger partial charge in [-0.2, -0.15) is 0 Å². The maximum atomic E-state index is 6.52. The Labute approximate surface area is 204 Å². The number of aryl methyl sites for hydroxylation is 2. The lowest BCUT2D eigenvalue weighted by Crippen LogP contribution is -2.09. The first-order valence-electron chi connectivity index (χ1n) is 10.5. The monoisotopic (exact) mass is 484 g/mol. The number of hydrogen-bond acceptors (Lipinski definition) is 6. The highest BCUT2D eigenvalue weighted by Gasteiger charge is 2.18. The Morgan fingerprint density at radius 3 is 2.42 bits per heavy atom. The first kappa shape index (κ1) is 25.2. The van der Waals surface area contributed by atoms with Gasteiger partial charge in [-0.05, 0) is 42.7 Å². The summed E-state index contributed by atoms with van der Waals surface area (Å²) in [6.07, 6.45) is 0. The summed E-state index contributed by atoms with van der Waals surface area (Å²) in [5, 5.41) is 1.35. The number of hydrogen-bond donors (Lipinski definition) is 1. The molecule has 2 N–H and O–H groups in total. The van der Waals surface area contributed by atoms with Crippen LogP contribution in [-0.2, 0) is 16.1 Å². The largest absolute Gasteiger partial charge is 0.496 e. The van der Waals surface area contributed by atoms with Crippen LogP contribution in [0.1, 0.15) is 38.5 Å². The molecule has 0 spiro atoms. The maximum absolute atomic E-state index is 6.52. The molecule has 0 bridgehead atoms. The molecule has 3 aromatic rings. The predicted octanol–water partition coefficient (Wildman–Crippen LogP) is 5.67. The Kier molecular flexibility index (Phi) is 8.90. The quantitative estimate of drug-likeness (QED) is 0.417. The second-order valence-electron chi connectivity index (χ2n) is 7.71. The fourth-order valence-corrected chi connectivity index (χ4v) is 4.65. The van der Waals surface area contributed by atoms with E-state index >= 15 is 0 Å². The average molecular weight is 485 g/mol. The van der Waals surface area contributed by atoms with Crippen LogP contribution in [0.5, 0.6) is 5.75 Å². The molecule has 0 saturated carbocycles. The molecule has 1 aromatic heterocycles. The highest BCUT2D eigenvalue weighted by atomic mass is 35.5. The van der Waals surface area contributed by atoms with Crippen molar-refractivity contribution < 1.29 is 14.2 Å². The van der Waals surface area contributed by atoms with E-state index in [9.17, 15) is 0 Å². The van der Waals surface area contributed by atoms with Crippen molar-refractivity contribution in [1.82, 2.24) is 4.98 Å². The summed E-state index contributed by atoms with van der Waals surface area (Å²) in [5.74, 6) is 7.12. The highest BCUT2D eigenvalue weighted by molar-refractivity contribution is 7.12. The van der Waals surface area contributed by atoms with Gasteiger partial charge < -0.3 is 19.9 Å². The molecule has 2 atom stereocenters. The smallest absolute Gasteiger partial charge is 0.123 e. The first-order valence-corrected chi connectivity index (χ1v) is 11.7. The van der Waals surface area contributed by atoms with Crippen molar-refractivity contribution in [3.63, 3.8) is 0 Å². The molecule has 3 rings (SSSR count). The number of aromatic nitrogens is 1. The molecule has 0 amide bonds. The van der Waals surface area contributed by atoms with Crippen LogP contribution in [0.15, 0.2) is 36.4 Å². The zero-order valence-corrected chi connectivity index (χ0v) is 21.1.